The van der Waals surface area contributed by atoms with Gasteiger partial charge in [-0.05, 0) is 31.0 Å². The summed E-state index contributed by atoms with van der Waals surface area (Å²) >= 11 is 0. The summed E-state index contributed by atoms with van der Waals surface area (Å²) in [6, 6.07) is 16.4. The Kier molecular flexibility index (Phi) is 4.23. The molecule has 19 heavy (non-hydrogen) atoms. The Labute approximate surface area is 115 Å². The fourth-order valence-corrected chi connectivity index (χ4v) is 2.32. The number of nitrogens with zero attached hydrogens (tertiary/aromatic N) is 1. The van der Waals surface area contributed by atoms with Crippen molar-refractivity contribution < 1.29 is 5.11 Å². The highest BCUT2D eigenvalue weighted by molar-refractivity contribution is 5.54. The van der Waals surface area contributed by atoms with Crippen molar-refractivity contribution in [1.82, 2.24) is 0 Å². The fourth-order valence-electron chi connectivity index (χ4n) is 2.32. The van der Waals surface area contributed by atoms with Gasteiger partial charge >= 0.3 is 0 Å². The van der Waals surface area contributed by atoms with Crippen molar-refractivity contribution in [3.05, 3.63) is 65.2 Å². The quantitative estimate of drug-likeness (QED) is 0.900. The first-order valence-corrected chi connectivity index (χ1v) is 6.62. The van der Waals surface area contributed by atoms with E-state index in [9.17, 15) is 5.11 Å². The van der Waals surface area contributed by atoms with Gasteiger partial charge in [-0.2, -0.15) is 0 Å². The number of hydrogen-bond donors (Lipinski definition) is 1. The summed E-state index contributed by atoms with van der Waals surface area (Å²) < 4.78 is 0. The summed E-state index contributed by atoms with van der Waals surface area (Å²) in [5.74, 6) is 0. The van der Waals surface area contributed by atoms with Gasteiger partial charge < -0.3 is 10.0 Å². The van der Waals surface area contributed by atoms with Gasteiger partial charge in [0, 0.05) is 24.8 Å². The molecule has 0 saturated heterocycles. The summed E-state index contributed by atoms with van der Waals surface area (Å²) in [5.41, 5.74) is 4.66. The van der Waals surface area contributed by atoms with Crippen molar-refractivity contribution in [2.24, 2.45) is 0 Å². The van der Waals surface area contributed by atoms with E-state index < -0.39 is 6.10 Å². The average molecular weight is 255 g/mol. The van der Waals surface area contributed by atoms with Crippen LogP contribution in [0.15, 0.2) is 48.5 Å². The topological polar surface area (TPSA) is 23.5 Å². The molecule has 0 aliphatic heterocycles. The Hall–Kier alpha value is -1.80. The van der Waals surface area contributed by atoms with E-state index in [2.05, 4.69) is 49.2 Å². The number of rotatable bonds is 4. The van der Waals surface area contributed by atoms with Crippen molar-refractivity contribution in [3.63, 3.8) is 0 Å². The second-order valence-electron chi connectivity index (χ2n) is 5.02. The van der Waals surface area contributed by atoms with Crippen molar-refractivity contribution in [1.29, 1.82) is 0 Å². The molecule has 0 radical (unpaired) electrons. The molecule has 1 N–H and O–H groups in total. The van der Waals surface area contributed by atoms with E-state index in [0.717, 1.165) is 17.8 Å². The van der Waals surface area contributed by atoms with E-state index in [1.165, 1.54) is 11.1 Å². The molecule has 100 valence electrons. The number of aryl methyl sites for hydroxylation is 1. The normalized spacial score (nSPS) is 12.2. The van der Waals surface area contributed by atoms with Crippen LogP contribution in [-0.2, 0) is 6.54 Å². The molecule has 0 heterocycles. The Bertz CT molecular complexity index is 548. The molecule has 2 aromatic rings. The second-order valence-corrected chi connectivity index (χ2v) is 5.02. The Morgan fingerprint density at radius 1 is 1.05 bits per heavy atom. The molecule has 0 aromatic heterocycles. The zero-order valence-electron chi connectivity index (χ0n) is 11.8. The van der Waals surface area contributed by atoms with Crippen molar-refractivity contribution in [2.45, 2.75) is 26.5 Å². The summed E-state index contributed by atoms with van der Waals surface area (Å²) in [7, 11) is 2.06. The SMILES string of the molecule is Cc1ccccc1CN(C)c1ccccc1[C@H](C)O. The molecule has 2 aromatic carbocycles. The van der Waals surface area contributed by atoms with Crippen LogP contribution in [-0.4, -0.2) is 12.2 Å². The van der Waals surface area contributed by atoms with E-state index in [1.54, 1.807) is 6.92 Å². The lowest BCUT2D eigenvalue weighted by Crippen LogP contribution is -2.19. The third kappa shape index (κ3) is 3.15. The number of aliphatic hydroxyl groups is 1. The molecule has 0 bridgehead atoms. The summed E-state index contributed by atoms with van der Waals surface area (Å²) in [5, 5.41) is 9.85. The molecule has 1 atom stereocenters. The Morgan fingerprint density at radius 3 is 2.37 bits per heavy atom. The fraction of sp³-hybridized carbons (Fsp3) is 0.294. The first kappa shape index (κ1) is 13.6. The monoisotopic (exact) mass is 255 g/mol. The molecule has 0 saturated carbocycles. The van der Waals surface area contributed by atoms with Crippen LogP contribution < -0.4 is 4.90 Å². The minimum Gasteiger partial charge on any atom is -0.389 e. The van der Waals surface area contributed by atoms with Crippen LogP contribution in [0.2, 0.25) is 0 Å². The van der Waals surface area contributed by atoms with Gasteiger partial charge in [0.05, 0.1) is 6.10 Å². The minimum absolute atomic E-state index is 0.449. The lowest BCUT2D eigenvalue weighted by atomic mass is 10.1. The van der Waals surface area contributed by atoms with Crippen LogP contribution in [0.25, 0.3) is 0 Å². The number of para-hydroxylation sites is 1. The van der Waals surface area contributed by atoms with Gasteiger partial charge in [-0.3, -0.25) is 0 Å². The standard InChI is InChI=1S/C17H21NO/c1-13-8-4-5-9-15(13)12-18(3)17-11-7-6-10-16(17)14(2)19/h4-11,14,19H,12H2,1-3H3/t14-/m0/s1. The summed E-state index contributed by atoms with van der Waals surface area (Å²) in [6.45, 7) is 4.78. The van der Waals surface area contributed by atoms with E-state index in [1.807, 2.05) is 18.2 Å². The predicted octanol–water partition coefficient (Wildman–Crippen LogP) is 3.68. The maximum Gasteiger partial charge on any atom is 0.0781 e. The molecule has 2 heteroatoms. The lowest BCUT2D eigenvalue weighted by molar-refractivity contribution is 0.199. The third-order valence-corrected chi connectivity index (χ3v) is 3.47. The highest BCUT2D eigenvalue weighted by atomic mass is 16.3. The van der Waals surface area contributed by atoms with E-state index in [0.29, 0.717) is 0 Å². The van der Waals surface area contributed by atoms with Crippen molar-refractivity contribution >= 4 is 5.69 Å². The predicted molar refractivity (Wildman–Crippen MR) is 80.4 cm³/mol. The van der Waals surface area contributed by atoms with E-state index in [-0.39, 0.29) is 0 Å². The average Bonchev–Trinajstić information content (AvgIpc) is 2.41. The highest BCUT2D eigenvalue weighted by Gasteiger charge is 2.11. The van der Waals surface area contributed by atoms with Crippen LogP contribution in [0.1, 0.15) is 29.7 Å². The number of hydrogen-bond acceptors (Lipinski definition) is 2. The molecular weight excluding hydrogens is 234 g/mol. The highest BCUT2D eigenvalue weighted by Crippen LogP contribution is 2.26. The van der Waals surface area contributed by atoms with Gasteiger partial charge in [-0.1, -0.05) is 42.5 Å². The number of anilines is 1. The molecular formula is C17H21NO. The van der Waals surface area contributed by atoms with Gasteiger partial charge in [-0.25, -0.2) is 0 Å². The van der Waals surface area contributed by atoms with Crippen LogP contribution in [0.4, 0.5) is 5.69 Å². The summed E-state index contributed by atoms with van der Waals surface area (Å²) in [4.78, 5) is 2.18. The van der Waals surface area contributed by atoms with Crippen LogP contribution in [0.5, 0.6) is 0 Å². The third-order valence-electron chi connectivity index (χ3n) is 3.47. The van der Waals surface area contributed by atoms with Gasteiger partial charge in [0.25, 0.3) is 0 Å². The van der Waals surface area contributed by atoms with Crippen LogP contribution in [0, 0.1) is 6.92 Å². The lowest BCUT2D eigenvalue weighted by Gasteiger charge is -2.24. The van der Waals surface area contributed by atoms with Gasteiger partial charge in [0.1, 0.15) is 0 Å². The Balaban J connectivity index is 2.26. The molecule has 0 aliphatic rings. The summed E-state index contributed by atoms with van der Waals surface area (Å²) in [6.07, 6.45) is -0.449. The van der Waals surface area contributed by atoms with Gasteiger partial charge in [0.2, 0.25) is 0 Å². The molecule has 0 aliphatic carbocycles. The molecule has 0 fully saturated rings. The molecule has 0 unspecified atom stereocenters. The van der Waals surface area contributed by atoms with Crippen molar-refractivity contribution in [3.8, 4) is 0 Å². The van der Waals surface area contributed by atoms with Gasteiger partial charge in [-0.15, -0.1) is 0 Å². The second kappa shape index (κ2) is 5.89. The smallest absolute Gasteiger partial charge is 0.0781 e. The van der Waals surface area contributed by atoms with Crippen LogP contribution >= 0.6 is 0 Å². The largest absolute Gasteiger partial charge is 0.389 e. The molecule has 0 spiro atoms. The maximum absolute atomic E-state index is 9.85. The van der Waals surface area contributed by atoms with Gasteiger partial charge in [0.15, 0.2) is 0 Å². The van der Waals surface area contributed by atoms with Crippen LogP contribution in [0.3, 0.4) is 0 Å². The first-order chi connectivity index (χ1) is 9.09. The Morgan fingerprint density at radius 2 is 1.68 bits per heavy atom. The number of benzene rings is 2. The number of aliphatic hydroxyl groups excluding tert-OH is 1. The molecule has 0 amide bonds. The molecule has 2 nitrogen and oxygen atoms in total. The van der Waals surface area contributed by atoms with E-state index in [4.69, 9.17) is 0 Å². The minimum atomic E-state index is -0.449. The molecule has 2 rings (SSSR count). The van der Waals surface area contributed by atoms with Crippen molar-refractivity contribution in [2.75, 3.05) is 11.9 Å². The maximum atomic E-state index is 9.85. The van der Waals surface area contributed by atoms with E-state index >= 15 is 0 Å². The zero-order valence-corrected chi connectivity index (χ0v) is 11.8. The zero-order chi connectivity index (χ0) is 13.8. The first-order valence-electron chi connectivity index (χ1n) is 6.62.